The summed E-state index contributed by atoms with van der Waals surface area (Å²) in [5.41, 5.74) is 2.17. The second-order valence-corrected chi connectivity index (χ2v) is 5.76. The number of hydrogen-bond donors (Lipinski definition) is 2. The number of nitrogens with one attached hydrogen (secondary N) is 2. The van der Waals surface area contributed by atoms with Crippen molar-refractivity contribution >= 4 is 17.0 Å². The molecule has 0 aliphatic rings. The van der Waals surface area contributed by atoms with Crippen molar-refractivity contribution in [1.82, 2.24) is 20.2 Å². The lowest BCUT2D eigenvalue weighted by molar-refractivity contribution is 0.646. The maximum atomic E-state index is 4.67. The van der Waals surface area contributed by atoms with E-state index in [1.807, 2.05) is 25.2 Å². The molecule has 126 valence electrons. The van der Waals surface area contributed by atoms with Crippen LogP contribution in [0.25, 0.3) is 11.0 Å². The number of imidazole rings is 1. The zero-order valence-corrected chi connectivity index (χ0v) is 14.6. The van der Waals surface area contributed by atoms with Crippen LogP contribution in [0.3, 0.4) is 0 Å². The van der Waals surface area contributed by atoms with Crippen LogP contribution in [0.5, 0.6) is 0 Å². The maximum absolute atomic E-state index is 4.67. The average Bonchev–Trinajstić information content (AvgIpc) is 2.89. The quantitative estimate of drug-likeness (QED) is 0.447. The van der Waals surface area contributed by atoms with Crippen LogP contribution in [-0.4, -0.2) is 28.6 Å². The van der Waals surface area contributed by atoms with E-state index >= 15 is 0 Å². The molecule has 5 nitrogen and oxygen atoms in total. The number of unbranched alkanes of at least 4 members (excludes halogenated alkanes) is 3. The molecular weight excluding hydrogens is 286 g/mol. The second-order valence-electron chi connectivity index (χ2n) is 5.76. The van der Waals surface area contributed by atoms with E-state index in [0.29, 0.717) is 6.54 Å². The third-order valence-corrected chi connectivity index (χ3v) is 3.93. The maximum Gasteiger partial charge on any atom is 0.191 e. The molecule has 5 heteroatoms. The summed E-state index contributed by atoms with van der Waals surface area (Å²) in [5, 5.41) is 6.70. The van der Waals surface area contributed by atoms with Crippen LogP contribution in [0, 0.1) is 0 Å². The predicted octanol–water partition coefficient (Wildman–Crippen LogP) is 3.21. The molecule has 0 unspecified atom stereocenters. The summed E-state index contributed by atoms with van der Waals surface area (Å²) in [6, 6.07) is 8.19. The van der Waals surface area contributed by atoms with Gasteiger partial charge in [0.25, 0.3) is 0 Å². The SMILES string of the molecule is CCCCCCNC(=NCc1nc2ccccc2n1C)NCC. The molecule has 0 saturated heterocycles. The van der Waals surface area contributed by atoms with Crippen LogP contribution in [0.15, 0.2) is 29.3 Å². The first-order chi connectivity index (χ1) is 11.3. The number of aromatic nitrogens is 2. The minimum atomic E-state index is 0.579. The third kappa shape index (κ3) is 4.98. The van der Waals surface area contributed by atoms with E-state index in [1.165, 1.54) is 25.7 Å². The van der Waals surface area contributed by atoms with Gasteiger partial charge in [0.1, 0.15) is 12.4 Å². The van der Waals surface area contributed by atoms with E-state index in [0.717, 1.165) is 35.9 Å². The molecule has 0 amide bonds. The number of aryl methyl sites for hydroxylation is 1. The van der Waals surface area contributed by atoms with Crippen molar-refractivity contribution in [3.05, 3.63) is 30.1 Å². The summed E-state index contributed by atoms with van der Waals surface area (Å²) < 4.78 is 2.11. The summed E-state index contributed by atoms with van der Waals surface area (Å²) in [4.78, 5) is 9.33. The molecule has 2 aromatic rings. The fraction of sp³-hybridized carbons (Fsp3) is 0.556. The van der Waals surface area contributed by atoms with Crippen LogP contribution < -0.4 is 10.6 Å². The van der Waals surface area contributed by atoms with Gasteiger partial charge in [-0.1, -0.05) is 38.3 Å². The van der Waals surface area contributed by atoms with E-state index in [1.54, 1.807) is 0 Å². The summed E-state index contributed by atoms with van der Waals surface area (Å²) in [6.07, 6.45) is 5.02. The van der Waals surface area contributed by atoms with Crippen LogP contribution in [0.2, 0.25) is 0 Å². The molecule has 1 aromatic heterocycles. The number of rotatable bonds is 8. The van der Waals surface area contributed by atoms with Gasteiger partial charge in [-0.05, 0) is 25.5 Å². The smallest absolute Gasteiger partial charge is 0.191 e. The third-order valence-electron chi connectivity index (χ3n) is 3.93. The topological polar surface area (TPSA) is 54.2 Å². The zero-order valence-electron chi connectivity index (χ0n) is 14.6. The molecule has 0 bridgehead atoms. The lowest BCUT2D eigenvalue weighted by atomic mass is 10.2. The second kappa shape index (κ2) is 9.18. The van der Waals surface area contributed by atoms with E-state index in [9.17, 15) is 0 Å². The molecule has 0 aliphatic heterocycles. The normalized spacial score (nSPS) is 11.9. The van der Waals surface area contributed by atoms with Gasteiger partial charge < -0.3 is 15.2 Å². The molecule has 1 aromatic carbocycles. The first-order valence-electron chi connectivity index (χ1n) is 8.68. The zero-order chi connectivity index (χ0) is 16.5. The van der Waals surface area contributed by atoms with Crippen molar-refractivity contribution in [2.75, 3.05) is 13.1 Å². The molecule has 0 saturated carbocycles. The Morgan fingerprint density at radius 1 is 1.13 bits per heavy atom. The van der Waals surface area contributed by atoms with Crippen LogP contribution in [0.1, 0.15) is 45.4 Å². The fourth-order valence-electron chi connectivity index (χ4n) is 2.59. The predicted molar refractivity (Wildman–Crippen MR) is 97.7 cm³/mol. The molecule has 1 heterocycles. The van der Waals surface area contributed by atoms with Crippen molar-refractivity contribution in [2.45, 2.75) is 46.1 Å². The Labute approximate surface area is 139 Å². The Kier molecular flexibility index (Phi) is 6.91. The van der Waals surface area contributed by atoms with E-state index in [-0.39, 0.29) is 0 Å². The molecule has 2 rings (SSSR count). The van der Waals surface area contributed by atoms with Gasteiger partial charge >= 0.3 is 0 Å². The number of guanidine groups is 1. The number of benzene rings is 1. The molecule has 23 heavy (non-hydrogen) atoms. The van der Waals surface area contributed by atoms with E-state index in [2.05, 4.69) is 45.1 Å². The monoisotopic (exact) mass is 315 g/mol. The highest BCUT2D eigenvalue weighted by Gasteiger charge is 2.06. The van der Waals surface area contributed by atoms with Gasteiger partial charge in [-0.15, -0.1) is 0 Å². The lowest BCUT2D eigenvalue weighted by Crippen LogP contribution is -2.37. The number of aliphatic imine (C=N–C) groups is 1. The minimum absolute atomic E-state index is 0.579. The Morgan fingerprint density at radius 2 is 1.96 bits per heavy atom. The molecule has 2 N–H and O–H groups in total. The molecular formula is C18H29N5. The standard InChI is InChI=1S/C18H29N5/c1-4-6-7-10-13-20-18(19-5-2)21-14-17-22-15-11-8-9-12-16(15)23(17)3/h8-9,11-12H,4-7,10,13-14H2,1-3H3,(H2,19,20,21). The Morgan fingerprint density at radius 3 is 2.70 bits per heavy atom. The number of nitrogens with zero attached hydrogens (tertiary/aromatic N) is 3. The highest BCUT2D eigenvalue weighted by molar-refractivity contribution is 5.80. The molecule has 0 fully saturated rings. The first kappa shape index (κ1) is 17.3. The Hall–Kier alpha value is -2.04. The van der Waals surface area contributed by atoms with Gasteiger partial charge in [0.15, 0.2) is 5.96 Å². The van der Waals surface area contributed by atoms with Crippen LogP contribution in [0.4, 0.5) is 0 Å². The largest absolute Gasteiger partial charge is 0.357 e. The van der Waals surface area contributed by atoms with Gasteiger partial charge in [0, 0.05) is 20.1 Å². The van der Waals surface area contributed by atoms with Crippen molar-refractivity contribution in [3.63, 3.8) is 0 Å². The van der Waals surface area contributed by atoms with Crippen molar-refractivity contribution in [2.24, 2.45) is 12.0 Å². The van der Waals surface area contributed by atoms with Gasteiger partial charge in [0.05, 0.1) is 11.0 Å². The Bertz CT molecular complexity index is 629. The number of para-hydroxylation sites is 2. The highest BCUT2D eigenvalue weighted by atomic mass is 15.2. The summed E-state index contributed by atoms with van der Waals surface area (Å²) in [5.74, 6) is 1.85. The Balaban J connectivity index is 1.96. The van der Waals surface area contributed by atoms with Crippen molar-refractivity contribution in [1.29, 1.82) is 0 Å². The van der Waals surface area contributed by atoms with Crippen molar-refractivity contribution in [3.8, 4) is 0 Å². The molecule has 0 radical (unpaired) electrons. The summed E-state index contributed by atoms with van der Waals surface area (Å²) in [6.45, 7) is 6.73. The average molecular weight is 315 g/mol. The highest BCUT2D eigenvalue weighted by Crippen LogP contribution is 2.14. The minimum Gasteiger partial charge on any atom is -0.357 e. The summed E-state index contributed by atoms with van der Waals surface area (Å²) in [7, 11) is 2.05. The molecule has 0 spiro atoms. The molecule has 0 atom stereocenters. The fourth-order valence-corrected chi connectivity index (χ4v) is 2.59. The van der Waals surface area contributed by atoms with Gasteiger partial charge in [-0.25, -0.2) is 9.98 Å². The van der Waals surface area contributed by atoms with Crippen LogP contribution in [-0.2, 0) is 13.6 Å². The van der Waals surface area contributed by atoms with Gasteiger partial charge in [0.2, 0.25) is 0 Å². The van der Waals surface area contributed by atoms with Gasteiger partial charge in [-0.2, -0.15) is 0 Å². The number of hydrogen-bond acceptors (Lipinski definition) is 2. The van der Waals surface area contributed by atoms with Gasteiger partial charge in [-0.3, -0.25) is 0 Å². The molecule has 0 aliphatic carbocycles. The number of fused-ring (bicyclic) bond motifs is 1. The lowest BCUT2D eigenvalue weighted by Gasteiger charge is -2.11. The van der Waals surface area contributed by atoms with E-state index in [4.69, 9.17) is 0 Å². The van der Waals surface area contributed by atoms with Crippen LogP contribution >= 0.6 is 0 Å². The van der Waals surface area contributed by atoms with Crippen molar-refractivity contribution < 1.29 is 0 Å². The van der Waals surface area contributed by atoms with E-state index < -0.39 is 0 Å². The summed E-state index contributed by atoms with van der Waals surface area (Å²) >= 11 is 0. The first-order valence-corrected chi connectivity index (χ1v) is 8.68.